The SMILES string of the molecule is CSCC[C@H](N)C(=O)Nc1ccc(Sc2nncn2C)c(Cl)c1.Cl. The molecule has 3 N–H and O–H groups in total. The number of nitrogens with two attached hydrogens (primary N) is 1. The molecule has 1 aromatic carbocycles. The van der Waals surface area contributed by atoms with Crippen molar-refractivity contribution < 1.29 is 4.79 Å². The van der Waals surface area contributed by atoms with Gasteiger partial charge in [-0.3, -0.25) is 4.79 Å². The lowest BCUT2D eigenvalue weighted by molar-refractivity contribution is -0.117. The average Bonchev–Trinajstić information content (AvgIpc) is 2.92. The van der Waals surface area contributed by atoms with E-state index in [1.54, 1.807) is 34.8 Å². The number of carbonyl (C=O) groups excluding carboxylic acids is 1. The van der Waals surface area contributed by atoms with Gasteiger partial charge in [-0.1, -0.05) is 11.6 Å². The number of thioether (sulfide) groups is 1. The minimum Gasteiger partial charge on any atom is -0.325 e. The number of halogens is 2. The molecule has 24 heavy (non-hydrogen) atoms. The summed E-state index contributed by atoms with van der Waals surface area (Å²) in [6.45, 7) is 0. The first-order valence-corrected chi connectivity index (χ1v) is 9.47. The number of nitrogens with one attached hydrogen (secondary N) is 1. The second-order valence-electron chi connectivity index (χ2n) is 4.85. The largest absolute Gasteiger partial charge is 0.325 e. The van der Waals surface area contributed by atoms with Crippen molar-refractivity contribution in [2.45, 2.75) is 22.5 Å². The third-order valence-corrected chi connectivity index (χ3v) is 5.24. The van der Waals surface area contributed by atoms with Crippen molar-refractivity contribution in [3.05, 3.63) is 29.5 Å². The monoisotopic (exact) mass is 407 g/mol. The Balaban J connectivity index is 0.00000288. The number of amides is 1. The van der Waals surface area contributed by atoms with Gasteiger partial charge in [0.05, 0.1) is 11.1 Å². The quantitative estimate of drug-likeness (QED) is 0.733. The number of aromatic nitrogens is 3. The zero-order valence-electron chi connectivity index (χ0n) is 13.2. The minimum absolute atomic E-state index is 0. The van der Waals surface area contributed by atoms with Crippen molar-refractivity contribution in [2.75, 3.05) is 17.3 Å². The highest BCUT2D eigenvalue weighted by atomic mass is 35.5. The highest BCUT2D eigenvalue weighted by Gasteiger charge is 2.14. The molecule has 0 radical (unpaired) electrons. The summed E-state index contributed by atoms with van der Waals surface area (Å²) in [5.41, 5.74) is 6.47. The molecule has 1 aromatic heterocycles. The molecule has 0 aliphatic rings. The number of anilines is 1. The maximum atomic E-state index is 12.0. The second kappa shape index (κ2) is 10.1. The van der Waals surface area contributed by atoms with Crippen LogP contribution in [0.3, 0.4) is 0 Å². The summed E-state index contributed by atoms with van der Waals surface area (Å²) in [4.78, 5) is 12.8. The highest BCUT2D eigenvalue weighted by molar-refractivity contribution is 7.99. The van der Waals surface area contributed by atoms with E-state index in [0.29, 0.717) is 17.1 Å². The smallest absolute Gasteiger partial charge is 0.241 e. The maximum Gasteiger partial charge on any atom is 0.241 e. The Kier molecular flexibility index (Phi) is 8.93. The fourth-order valence-electron chi connectivity index (χ4n) is 1.74. The molecule has 0 saturated heterocycles. The molecule has 1 amide bonds. The molecule has 0 fully saturated rings. The normalized spacial score (nSPS) is 11.7. The van der Waals surface area contributed by atoms with E-state index in [1.165, 1.54) is 11.8 Å². The third-order valence-electron chi connectivity index (χ3n) is 3.04. The lowest BCUT2D eigenvalue weighted by Gasteiger charge is -2.12. The molecular formula is C14H19Cl2N5OS2. The predicted octanol–water partition coefficient (Wildman–Crippen LogP) is 3.06. The minimum atomic E-state index is -0.520. The van der Waals surface area contributed by atoms with Crippen molar-refractivity contribution in [2.24, 2.45) is 12.8 Å². The van der Waals surface area contributed by atoms with Gasteiger partial charge < -0.3 is 15.6 Å². The zero-order valence-corrected chi connectivity index (χ0v) is 16.4. The van der Waals surface area contributed by atoms with Gasteiger partial charge in [0.25, 0.3) is 0 Å². The van der Waals surface area contributed by atoms with Gasteiger partial charge in [-0.05, 0) is 48.4 Å². The van der Waals surface area contributed by atoms with E-state index in [0.717, 1.165) is 15.8 Å². The van der Waals surface area contributed by atoms with Gasteiger partial charge in [-0.15, -0.1) is 22.6 Å². The molecule has 0 bridgehead atoms. The third kappa shape index (κ3) is 5.86. The summed E-state index contributed by atoms with van der Waals surface area (Å²) in [6, 6.07) is 4.82. The Bertz CT molecular complexity index is 683. The van der Waals surface area contributed by atoms with Crippen LogP contribution in [-0.4, -0.2) is 38.7 Å². The second-order valence-corrected chi connectivity index (χ2v) is 7.25. The van der Waals surface area contributed by atoms with Gasteiger partial charge in [0.2, 0.25) is 5.91 Å². The molecule has 0 saturated carbocycles. The highest BCUT2D eigenvalue weighted by Crippen LogP contribution is 2.33. The molecular weight excluding hydrogens is 389 g/mol. The van der Waals surface area contributed by atoms with Crippen LogP contribution < -0.4 is 11.1 Å². The Morgan fingerprint density at radius 3 is 2.83 bits per heavy atom. The van der Waals surface area contributed by atoms with E-state index in [9.17, 15) is 4.79 Å². The number of aryl methyl sites for hydroxylation is 1. The summed E-state index contributed by atoms with van der Waals surface area (Å²) in [5.74, 6) is 0.645. The van der Waals surface area contributed by atoms with E-state index in [1.807, 2.05) is 19.4 Å². The number of rotatable bonds is 7. The number of carbonyl (C=O) groups is 1. The first-order valence-electron chi connectivity index (χ1n) is 6.88. The molecule has 6 nitrogen and oxygen atoms in total. The maximum absolute atomic E-state index is 12.0. The Morgan fingerprint density at radius 1 is 1.50 bits per heavy atom. The van der Waals surface area contributed by atoms with Gasteiger partial charge in [0.1, 0.15) is 6.33 Å². The van der Waals surface area contributed by atoms with Gasteiger partial charge in [0.15, 0.2) is 5.16 Å². The van der Waals surface area contributed by atoms with E-state index >= 15 is 0 Å². The molecule has 0 aliphatic carbocycles. The van der Waals surface area contributed by atoms with Crippen molar-refractivity contribution in [3.8, 4) is 0 Å². The summed E-state index contributed by atoms with van der Waals surface area (Å²) in [7, 11) is 1.86. The summed E-state index contributed by atoms with van der Waals surface area (Å²) in [6.07, 6.45) is 4.25. The summed E-state index contributed by atoms with van der Waals surface area (Å²) >= 11 is 9.35. The Hall–Kier alpha value is -0.930. The lowest BCUT2D eigenvalue weighted by atomic mass is 10.2. The fourth-order valence-corrected chi connectivity index (χ4v) is 3.29. The first-order chi connectivity index (χ1) is 11.0. The summed E-state index contributed by atoms with van der Waals surface area (Å²) in [5, 5.41) is 11.9. The predicted molar refractivity (Wildman–Crippen MR) is 103 cm³/mol. The van der Waals surface area contributed by atoms with Gasteiger partial charge in [-0.25, -0.2) is 0 Å². The van der Waals surface area contributed by atoms with Crippen molar-refractivity contribution in [1.82, 2.24) is 14.8 Å². The van der Waals surface area contributed by atoms with Crippen molar-refractivity contribution >= 4 is 59.1 Å². The van der Waals surface area contributed by atoms with Crippen LogP contribution in [0.15, 0.2) is 34.6 Å². The Labute approximate surface area is 160 Å². The van der Waals surface area contributed by atoms with E-state index < -0.39 is 6.04 Å². The molecule has 1 atom stereocenters. The zero-order chi connectivity index (χ0) is 16.8. The van der Waals surface area contributed by atoms with Crippen LogP contribution in [0.2, 0.25) is 5.02 Å². The fraction of sp³-hybridized carbons (Fsp3) is 0.357. The van der Waals surface area contributed by atoms with Crippen molar-refractivity contribution in [1.29, 1.82) is 0 Å². The Morgan fingerprint density at radius 2 is 2.25 bits per heavy atom. The van der Waals surface area contributed by atoms with Gasteiger partial charge in [-0.2, -0.15) is 11.8 Å². The van der Waals surface area contributed by atoms with Crippen LogP contribution in [0.25, 0.3) is 0 Å². The standard InChI is InChI=1S/C14H18ClN5OS2.ClH/c1-20-8-17-19-14(20)23-12-4-3-9(7-10(12)15)18-13(21)11(16)5-6-22-2;/h3-4,7-8,11H,5-6,16H2,1-2H3,(H,18,21);1H/t11-;/m0./s1. The van der Waals surface area contributed by atoms with Crippen molar-refractivity contribution in [3.63, 3.8) is 0 Å². The van der Waals surface area contributed by atoms with Crippen LogP contribution in [-0.2, 0) is 11.8 Å². The van der Waals surface area contributed by atoms with E-state index in [-0.39, 0.29) is 18.3 Å². The molecule has 0 spiro atoms. The van der Waals surface area contributed by atoms with Crippen LogP contribution >= 0.6 is 47.5 Å². The molecule has 2 aromatic rings. The molecule has 2 rings (SSSR count). The molecule has 1 heterocycles. The van der Waals surface area contributed by atoms with Crippen LogP contribution in [0.4, 0.5) is 5.69 Å². The molecule has 132 valence electrons. The number of benzene rings is 1. The first kappa shape index (κ1) is 21.1. The lowest BCUT2D eigenvalue weighted by Crippen LogP contribution is -2.36. The molecule has 10 heteroatoms. The van der Waals surface area contributed by atoms with E-state index in [4.69, 9.17) is 17.3 Å². The van der Waals surface area contributed by atoms with E-state index in [2.05, 4.69) is 15.5 Å². The number of nitrogens with zero attached hydrogens (tertiary/aromatic N) is 3. The molecule has 0 unspecified atom stereocenters. The number of hydrogen-bond donors (Lipinski definition) is 2. The van der Waals surface area contributed by atoms with Gasteiger partial charge >= 0.3 is 0 Å². The van der Waals surface area contributed by atoms with Gasteiger partial charge in [0, 0.05) is 17.6 Å². The van der Waals surface area contributed by atoms with Crippen LogP contribution in [0, 0.1) is 0 Å². The van der Waals surface area contributed by atoms with Crippen LogP contribution in [0.1, 0.15) is 6.42 Å². The molecule has 0 aliphatic heterocycles. The topological polar surface area (TPSA) is 85.8 Å². The van der Waals surface area contributed by atoms with Crippen LogP contribution in [0.5, 0.6) is 0 Å². The summed E-state index contributed by atoms with van der Waals surface area (Å²) < 4.78 is 1.81. The average molecular weight is 408 g/mol. The number of hydrogen-bond acceptors (Lipinski definition) is 6.